The van der Waals surface area contributed by atoms with Gasteiger partial charge >= 0.3 is 0 Å². The monoisotopic (exact) mass is 491 g/mol. The van der Waals surface area contributed by atoms with E-state index in [2.05, 4.69) is 74.4 Å². The van der Waals surface area contributed by atoms with E-state index in [0.29, 0.717) is 12.6 Å². The third-order valence-corrected chi connectivity index (χ3v) is 7.08. The number of rotatable bonds is 4. The molecule has 4 aromatic rings. The molecule has 2 N–H and O–H groups in total. The first kappa shape index (κ1) is 26.4. The van der Waals surface area contributed by atoms with E-state index in [4.69, 9.17) is 0 Å². The number of hydrogen-bond acceptors (Lipinski definition) is 3. The van der Waals surface area contributed by atoms with E-state index in [0.717, 1.165) is 25.0 Å². The molecular formula is C30H42FN5. The van der Waals surface area contributed by atoms with Gasteiger partial charge in [-0.3, -0.25) is 14.9 Å². The molecule has 2 aromatic heterocycles. The van der Waals surface area contributed by atoms with E-state index in [1.807, 2.05) is 20.0 Å². The summed E-state index contributed by atoms with van der Waals surface area (Å²) in [6, 6.07) is 15.4. The first-order valence-corrected chi connectivity index (χ1v) is 13.5. The van der Waals surface area contributed by atoms with Crippen LogP contribution >= 0.6 is 0 Å². The average molecular weight is 492 g/mol. The van der Waals surface area contributed by atoms with Crippen LogP contribution < -0.4 is 0 Å². The molecule has 5 nitrogen and oxygen atoms in total. The topological polar surface area (TPSA) is 51.0 Å². The zero-order valence-electron chi connectivity index (χ0n) is 22.6. The molecule has 194 valence electrons. The molecule has 36 heavy (non-hydrogen) atoms. The first-order chi connectivity index (χ1) is 17.4. The molecule has 0 aliphatic carbocycles. The zero-order chi connectivity index (χ0) is 25.7. The molecule has 1 atom stereocenters. The lowest BCUT2D eigenvalue weighted by Gasteiger charge is -2.36. The molecule has 6 rings (SSSR count). The molecule has 2 aromatic carbocycles. The maximum absolute atomic E-state index is 13.9. The van der Waals surface area contributed by atoms with Gasteiger partial charge in [0, 0.05) is 47.7 Å². The van der Waals surface area contributed by atoms with Gasteiger partial charge in [0.05, 0.1) is 11.7 Å². The van der Waals surface area contributed by atoms with Crippen molar-refractivity contribution in [3.8, 4) is 0 Å². The number of nitrogens with zero attached hydrogens (tertiary/aromatic N) is 3. The average Bonchev–Trinajstić information content (AvgIpc) is 3.60. The number of alkyl halides is 1. The summed E-state index contributed by atoms with van der Waals surface area (Å²) in [6.45, 7) is 14.4. The fourth-order valence-corrected chi connectivity index (χ4v) is 5.38. The number of fused-ring (bicyclic) bond motifs is 4. The summed E-state index contributed by atoms with van der Waals surface area (Å²) in [5.74, 6) is 0. The summed E-state index contributed by atoms with van der Waals surface area (Å²) in [4.78, 5) is 8.23. The lowest BCUT2D eigenvalue weighted by Crippen LogP contribution is -2.44. The molecular weight excluding hydrogens is 449 g/mol. The second-order valence-corrected chi connectivity index (χ2v) is 10.6. The van der Waals surface area contributed by atoms with Gasteiger partial charge < -0.3 is 4.98 Å². The van der Waals surface area contributed by atoms with Crippen LogP contribution in [0.4, 0.5) is 4.39 Å². The lowest BCUT2D eigenvalue weighted by atomic mass is 9.96. The molecule has 0 radical (unpaired) electrons. The van der Waals surface area contributed by atoms with E-state index in [1.54, 1.807) is 13.8 Å². The van der Waals surface area contributed by atoms with Crippen molar-refractivity contribution in [2.75, 3.05) is 19.6 Å². The molecule has 0 amide bonds. The molecule has 0 bridgehead atoms. The number of aromatic nitrogens is 3. The molecule has 1 unspecified atom stereocenters. The summed E-state index contributed by atoms with van der Waals surface area (Å²) in [7, 11) is 0. The molecule has 2 aliphatic heterocycles. The Bertz CT molecular complexity index is 1250. The van der Waals surface area contributed by atoms with Gasteiger partial charge in [-0.1, -0.05) is 44.2 Å². The largest absolute Gasteiger partial charge is 0.357 e. The Morgan fingerprint density at radius 1 is 1.06 bits per heavy atom. The van der Waals surface area contributed by atoms with Gasteiger partial charge in [0.1, 0.15) is 5.67 Å². The molecule has 6 heteroatoms. The summed E-state index contributed by atoms with van der Waals surface area (Å²) in [5.41, 5.74) is 5.25. The van der Waals surface area contributed by atoms with Gasteiger partial charge in [-0.25, -0.2) is 4.39 Å². The van der Waals surface area contributed by atoms with E-state index in [-0.39, 0.29) is 0 Å². The maximum Gasteiger partial charge on any atom is 0.118 e. The SMILES string of the molecule is CC.CC1Cc2c([nH]c3ccccc23)CN1CC(C)(C)F.c1cc2cn[nH]c2cc1CN1CCCC1. The van der Waals surface area contributed by atoms with Crippen molar-refractivity contribution in [3.63, 3.8) is 0 Å². The van der Waals surface area contributed by atoms with Gasteiger partial charge in [-0.05, 0) is 76.4 Å². The van der Waals surface area contributed by atoms with Crippen LogP contribution in [0.3, 0.4) is 0 Å². The summed E-state index contributed by atoms with van der Waals surface area (Å²) >= 11 is 0. The van der Waals surface area contributed by atoms with Crippen molar-refractivity contribution < 1.29 is 4.39 Å². The van der Waals surface area contributed by atoms with Crippen molar-refractivity contribution in [2.24, 2.45) is 0 Å². The highest BCUT2D eigenvalue weighted by atomic mass is 19.1. The number of likely N-dealkylation sites (tertiary alicyclic amines) is 1. The molecule has 0 saturated carbocycles. The number of benzene rings is 2. The predicted molar refractivity (Wildman–Crippen MR) is 149 cm³/mol. The minimum Gasteiger partial charge on any atom is -0.357 e. The lowest BCUT2D eigenvalue weighted by molar-refractivity contribution is 0.0853. The molecule has 0 spiro atoms. The Morgan fingerprint density at radius 2 is 1.81 bits per heavy atom. The van der Waals surface area contributed by atoms with E-state index in [1.165, 1.54) is 59.0 Å². The highest BCUT2D eigenvalue weighted by Crippen LogP contribution is 2.31. The summed E-state index contributed by atoms with van der Waals surface area (Å²) in [6.07, 6.45) is 5.57. The quantitative estimate of drug-likeness (QED) is 0.328. The first-order valence-electron chi connectivity index (χ1n) is 13.5. The molecule has 4 heterocycles. The number of aromatic amines is 2. The minimum absolute atomic E-state index is 0.390. The Morgan fingerprint density at radius 3 is 2.56 bits per heavy atom. The molecule has 2 aliphatic rings. The zero-order valence-corrected chi connectivity index (χ0v) is 22.6. The fourth-order valence-electron chi connectivity index (χ4n) is 5.38. The Labute approximate surface area is 215 Å². The van der Waals surface area contributed by atoms with Crippen LogP contribution in [0.2, 0.25) is 0 Å². The van der Waals surface area contributed by atoms with E-state index in [9.17, 15) is 4.39 Å². The summed E-state index contributed by atoms with van der Waals surface area (Å²) in [5, 5.41) is 9.57. The number of halogens is 1. The van der Waals surface area contributed by atoms with Gasteiger partial charge in [0.25, 0.3) is 0 Å². The van der Waals surface area contributed by atoms with Gasteiger partial charge in [0.15, 0.2) is 0 Å². The van der Waals surface area contributed by atoms with Crippen LogP contribution in [0.1, 0.15) is 64.3 Å². The van der Waals surface area contributed by atoms with Crippen molar-refractivity contribution in [2.45, 2.75) is 78.7 Å². The Kier molecular flexibility index (Phi) is 8.47. The van der Waals surface area contributed by atoms with Gasteiger partial charge in [-0.2, -0.15) is 5.10 Å². The molecule has 1 fully saturated rings. The second-order valence-electron chi connectivity index (χ2n) is 10.6. The van der Waals surface area contributed by atoms with Gasteiger partial charge in [-0.15, -0.1) is 0 Å². The maximum atomic E-state index is 13.9. The van der Waals surface area contributed by atoms with Crippen LogP contribution in [0.15, 0.2) is 48.7 Å². The Balaban J connectivity index is 0.000000162. The van der Waals surface area contributed by atoms with Crippen LogP contribution in [0, 0.1) is 0 Å². The predicted octanol–water partition coefficient (Wildman–Crippen LogP) is 6.85. The van der Waals surface area contributed by atoms with E-state index < -0.39 is 5.67 Å². The van der Waals surface area contributed by atoms with E-state index >= 15 is 0 Å². The summed E-state index contributed by atoms with van der Waals surface area (Å²) < 4.78 is 13.9. The second kappa shape index (κ2) is 11.6. The van der Waals surface area contributed by atoms with Crippen molar-refractivity contribution in [3.05, 3.63) is 65.5 Å². The third-order valence-electron chi connectivity index (χ3n) is 7.08. The fraction of sp³-hybridized carbons (Fsp3) is 0.500. The van der Waals surface area contributed by atoms with Crippen molar-refractivity contribution in [1.29, 1.82) is 0 Å². The van der Waals surface area contributed by atoms with Crippen LogP contribution in [-0.2, 0) is 19.5 Å². The number of para-hydroxylation sites is 1. The normalized spacial score (nSPS) is 18.4. The minimum atomic E-state index is -1.14. The standard InChI is InChI=1S/C16H21FN2.C12H15N3.C2H6/c1-11-8-13-12-6-4-5-7-14(12)18-15(13)9-19(11)10-16(2,3)17;1-2-6-15(5-1)9-10-3-4-11-8-13-14-12(11)7-10;1-2/h4-7,11,18H,8-10H2,1-3H3;3-4,7-8H,1-2,5-6,9H2,(H,13,14);1-2H3. The third kappa shape index (κ3) is 6.34. The Hall–Kier alpha value is -2.70. The number of H-pyrrole nitrogens is 2. The number of hydrogen-bond donors (Lipinski definition) is 2. The smallest absolute Gasteiger partial charge is 0.118 e. The highest BCUT2D eigenvalue weighted by Gasteiger charge is 2.30. The molecule has 1 saturated heterocycles. The van der Waals surface area contributed by atoms with Gasteiger partial charge in [0.2, 0.25) is 0 Å². The van der Waals surface area contributed by atoms with Crippen LogP contribution in [-0.4, -0.2) is 56.3 Å². The number of nitrogens with one attached hydrogen (secondary N) is 2. The van der Waals surface area contributed by atoms with Crippen molar-refractivity contribution in [1.82, 2.24) is 25.0 Å². The van der Waals surface area contributed by atoms with Crippen LogP contribution in [0.25, 0.3) is 21.8 Å². The van der Waals surface area contributed by atoms with Crippen LogP contribution in [0.5, 0.6) is 0 Å². The highest BCUT2D eigenvalue weighted by molar-refractivity contribution is 5.85. The van der Waals surface area contributed by atoms with Crippen molar-refractivity contribution >= 4 is 21.8 Å².